The third kappa shape index (κ3) is 2.90. The van der Waals surface area contributed by atoms with Gasteiger partial charge in [0.25, 0.3) is 0 Å². The number of carboxylic acids is 1. The van der Waals surface area contributed by atoms with Crippen LogP contribution in [0.15, 0.2) is 24.4 Å². The van der Waals surface area contributed by atoms with E-state index in [1.807, 2.05) is 0 Å². The second kappa shape index (κ2) is 4.61. The zero-order valence-corrected chi connectivity index (χ0v) is 9.85. The summed E-state index contributed by atoms with van der Waals surface area (Å²) >= 11 is 0.677. The fourth-order valence-corrected chi connectivity index (χ4v) is 2.13. The summed E-state index contributed by atoms with van der Waals surface area (Å²) in [6, 6.07) is 1.97. The van der Waals surface area contributed by atoms with Crippen LogP contribution in [0.2, 0.25) is 0 Å². The molecule has 2 rings (SSSR count). The van der Waals surface area contributed by atoms with Crippen LogP contribution in [0.1, 0.15) is 15.2 Å². The monoisotopic (exact) mass is 291 g/mol. The highest BCUT2D eigenvalue weighted by atomic mass is 32.1. The number of carbonyl (C=O) groups is 1. The van der Waals surface area contributed by atoms with Crippen molar-refractivity contribution in [2.45, 2.75) is 6.18 Å². The fraction of sp³-hybridized carbons (Fsp3) is 0.0909. The minimum Gasteiger partial charge on any atom is -0.477 e. The largest absolute Gasteiger partial charge is 0.477 e. The van der Waals surface area contributed by atoms with Gasteiger partial charge in [0.1, 0.15) is 15.7 Å². The lowest BCUT2D eigenvalue weighted by Crippen LogP contribution is -2.05. The summed E-state index contributed by atoms with van der Waals surface area (Å²) in [6.45, 7) is 0. The van der Waals surface area contributed by atoms with Gasteiger partial charge in [0.15, 0.2) is 0 Å². The Balaban J connectivity index is 2.50. The minimum atomic E-state index is -4.68. The Bertz CT molecular complexity index is 636. The Kier molecular flexibility index (Phi) is 3.27. The molecule has 2 aromatic rings. The molecule has 0 aliphatic heterocycles. The number of thiazole rings is 1. The summed E-state index contributed by atoms with van der Waals surface area (Å²) in [5.41, 5.74) is -1.25. The van der Waals surface area contributed by atoms with Gasteiger partial charge in [-0.3, -0.25) is 0 Å². The van der Waals surface area contributed by atoms with E-state index in [0.29, 0.717) is 17.4 Å². The Morgan fingerprint density at radius 2 is 1.95 bits per heavy atom. The quantitative estimate of drug-likeness (QED) is 0.859. The molecule has 0 unspecified atom stereocenters. The Labute approximate surface area is 108 Å². The van der Waals surface area contributed by atoms with E-state index in [-0.39, 0.29) is 15.4 Å². The molecule has 0 aliphatic rings. The summed E-state index contributed by atoms with van der Waals surface area (Å²) in [5.74, 6) is -2.30. The standard InChI is InChI=1S/C11H5F4NO2S/c12-7-2-5(1-6(3-7)11(13,14)15)9-16-4-8(19-9)10(17)18/h1-4H,(H,17,18). The van der Waals surface area contributed by atoms with Gasteiger partial charge < -0.3 is 5.11 Å². The van der Waals surface area contributed by atoms with Gasteiger partial charge in [-0.05, 0) is 18.2 Å². The van der Waals surface area contributed by atoms with Gasteiger partial charge in [0.2, 0.25) is 0 Å². The molecule has 19 heavy (non-hydrogen) atoms. The van der Waals surface area contributed by atoms with Gasteiger partial charge in [0.05, 0.1) is 11.8 Å². The molecule has 1 heterocycles. The summed E-state index contributed by atoms with van der Waals surface area (Å²) in [7, 11) is 0. The molecule has 1 aromatic carbocycles. The summed E-state index contributed by atoms with van der Waals surface area (Å²) in [4.78, 5) is 14.2. The van der Waals surface area contributed by atoms with Gasteiger partial charge in [-0.1, -0.05) is 0 Å². The topological polar surface area (TPSA) is 50.2 Å². The van der Waals surface area contributed by atoms with E-state index < -0.39 is 23.5 Å². The van der Waals surface area contributed by atoms with Gasteiger partial charge in [-0.25, -0.2) is 14.2 Å². The zero-order valence-electron chi connectivity index (χ0n) is 9.03. The number of aromatic nitrogens is 1. The number of hydrogen-bond acceptors (Lipinski definition) is 3. The van der Waals surface area contributed by atoms with E-state index in [0.717, 1.165) is 18.3 Å². The molecule has 0 spiro atoms. The van der Waals surface area contributed by atoms with Gasteiger partial charge in [-0.15, -0.1) is 11.3 Å². The van der Waals surface area contributed by atoms with Crippen LogP contribution in [0.25, 0.3) is 10.6 Å². The first-order valence-corrected chi connectivity index (χ1v) is 5.66. The van der Waals surface area contributed by atoms with Crippen LogP contribution >= 0.6 is 11.3 Å². The van der Waals surface area contributed by atoms with Gasteiger partial charge >= 0.3 is 12.1 Å². The van der Waals surface area contributed by atoms with Crippen LogP contribution in [0.3, 0.4) is 0 Å². The Morgan fingerprint density at radius 3 is 2.47 bits per heavy atom. The van der Waals surface area contributed by atoms with Crippen molar-refractivity contribution < 1.29 is 27.5 Å². The maximum Gasteiger partial charge on any atom is 0.416 e. The van der Waals surface area contributed by atoms with Crippen molar-refractivity contribution in [3.63, 3.8) is 0 Å². The number of aromatic carboxylic acids is 1. The smallest absolute Gasteiger partial charge is 0.416 e. The predicted octanol–water partition coefficient (Wildman–Crippen LogP) is 3.67. The second-order valence-corrected chi connectivity index (χ2v) is 4.59. The average molecular weight is 291 g/mol. The number of hydrogen-bond donors (Lipinski definition) is 1. The van der Waals surface area contributed by atoms with E-state index >= 15 is 0 Å². The van der Waals surface area contributed by atoms with Crippen molar-refractivity contribution in [2.75, 3.05) is 0 Å². The van der Waals surface area contributed by atoms with Crippen LogP contribution in [0, 0.1) is 5.82 Å². The Morgan fingerprint density at radius 1 is 1.26 bits per heavy atom. The molecule has 0 saturated heterocycles. The summed E-state index contributed by atoms with van der Waals surface area (Å²) in [5, 5.41) is 8.72. The maximum atomic E-state index is 13.2. The van der Waals surface area contributed by atoms with E-state index in [2.05, 4.69) is 4.98 Å². The highest BCUT2D eigenvalue weighted by Gasteiger charge is 2.31. The molecule has 1 N–H and O–H groups in total. The molecule has 100 valence electrons. The van der Waals surface area contributed by atoms with E-state index in [1.165, 1.54) is 0 Å². The van der Waals surface area contributed by atoms with E-state index in [4.69, 9.17) is 5.11 Å². The number of rotatable bonds is 2. The van der Waals surface area contributed by atoms with Gasteiger partial charge in [-0.2, -0.15) is 13.2 Å². The van der Waals surface area contributed by atoms with Crippen LogP contribution in [0.5, 0.6) is 0 Å². The summed E-state index contributed by atoms with van der Waals surface area (Å²) in [6.07, 6.45) is -3.66. The first-order valence-electron chi connectivity index (χ1n) is 4.84. The SMILES string of the molecule is O=C(O)c1cnc(-c2cc(F)cc(C(F)(F)F)c2)s1. The number of alkyl halides is 3. The van der Waals surface area contributed by atoms with Crippen LogP contribution in [-0.4, -0.2) is 16.1 Å². The number of carboxylic acid groups (broad SMARTS) is 1. The lowest BCUT2D eigenvalue weighted by molar-refractivity contribution is -0.137. The van der Waals surface area contributed by atoms with Crippen molar-refractivity contribution in [3.05, 3.63) is 40.7 Å². The zero-order chi connectivity index (χ0) is 14.2. The number of halogens is 4. The van der Waals surface area contributed by atoms with E-state index in [9.17, 15) is 22.4 Å². The number of nitrogens with zero attached hydrogens (tertiary/aromatic N) is 1. The molecular formula is C11H5F4NO2S. The molecule has 8 heteroatoms. The molecule has 0 fully saturated rings. The highest BCUT2D eigenvalue weighted by Crippen LogP contribution is 2.34. The first-order chi connectivity index (χ1) is 8.77. The molecule has 0 atom stereocenters. The molecule has 3 nitrogen and oxygen atoms in total. The van der Waals surface area contributed by atoms with Crippen molar-refractivity contribution >= 4 is 17.3 Å². The number of benzene rings is 1. The Hall–Kier alpha value is -1.96. The normalized spacial score (nSPS) is 11.6. The average Bonchev–Trinajstić information content (AvgIpc) is 2.76. The van der Waals surface area contributed by atoms with Gasteiger partial charge in [0, 0.05) is 5.56 Å². The minimum absolute atomic E-state index is 0.0161. The summed E-state index contributed by atoms with van der Waals surface area (Å²) < 4.78 is 50.7. The molecule has 0 bridgehead atoms. The second-order valence-electron chi connectivity index (χ2n) is 3.56. The van der Waals surface area contributed by atoms with Crippen molar-refractivity contribution in [3.8, 4) is 10.6 Å². The first kappa shape index (κ1) is 13.5. The lowest BCUT2D eigenvalue weighted by Gasteiger charge is -2.08. The molecule has 1 aromatic heterocycles. The molecule has 0 aliphatic carbocycles. The molecule has 0 saturated carbocycles. The van der Waals surface area contributed by atoms with Crippen molar-refractivity contribution in [2.24, 2.45) is 0 Å². The predicted molar refractivity (Wildman–Crippen MR) is 59.5 cm³/mol. The highest BCUT2D eigenvalue weighted by molar-refractivity contribution is 7.16. The van der Waals surface area contributed by atoms with Crippen LogP contribution < -0.4 is 0 Å². The molecular weight excluding hydrogens is 286 g/mol. The van der Waals surface area contributed by atoms with Crippen molar-refractivity contribution in [1.29, 1.82) is 0 Å². The lowest BCUT2D eigenvalue weighted by atomic mass is 10.1. The third-order valence-electron chi connectivity index (χ3n) is 2.19. The molecule has 0 amide bonds. The van der Waals surface area contributed by atoms with E-state index in [1.54, 1.807) is 0 Å². The maximum absolute atomic E-state index is 13.2. The third-order valence-corrected chi connectivity index (χ3v) is 3.22. The van der Waals surface area contributed by atoms with Crippen molar-refractivity contribution in [1.82, 2.24) is 4.98 Å². The fourth-order valence-electron chi connectivity index (χ4n) is 1.38. The molecule has 0 radical (unpaired) electrons. The van der Waals surface area contributed by atoms with Crippen LogP contribution in [-0.2, 0) is 6.18 Å². The van der Waals surface area contributed by atoms with Crippen LogP contribution in [0.4, 0.5) is 17.6 Å².